The molecule has 3 aromatic carbocycles. The Morgan fingerprint density at radius 1 is 1.03 bits per heavy atom. The molecule has 1 saturated heterocycles. The molecule has 0 bridgehead atoms. The molecule has 0 radical (unpaired) electrons. The standard InChI is InChI=1S/C29H29Cl3F2N2O2/c1-16-29(35,20-13-12-18(30)14-23(20)33)24(19-9-7-11-22(32)25(19)34)26(27(37)38-28(2,3)4)36(16)15-17-8-5-6-10-21(17)31/h5-14,16,24,26H,15,35H2,1-4H3/t16?,24-,26+,29-/m0/s1. The highest BCUT2D eigenvalue weighted by Gasteiger charge is 2.61. The van der Waals surface area contributed by atoms with Crippen molar-refractivity contribution in [1.29, 1.82) is 0 Å². The van der Waals surface area contributed by atoms with Crippen LogP contribution < -0.4 is 5.73 Å². The van der Waals surface area contributed by atoms with Crippen molar-refractivity contribution < 1.29 is 18.3 Å². The Bertz CT molecular complexity index is 1360. The third-order valence-corrected chi connectivity index (χ3v) is 7.95. The van der Waals surface area contributed by atoms with Crippen LogP contribution in [0.15, 0.2) is 60.7 Å². The SMILES string of the molecule is CC1N(Cc2ccccc2Cl)[C@@H](C(=O)OC(C)(C)C)[C@H](c2cccc(Cl)c2F)[C@@]1(N)c1ccc(Cl)cc1F. The molecule has 1 fully saturated rings. The first kappa shape index (κ1) is 28.8. The predicted octanol–water partition coefficient (Wildman–Crippen LogP) is 7.48. The maximum absolute atomic E-state index is 15.7. The number of benzene rings is 3. The zero-order valence-electron chi connectivity index (χ0n) is 21.4. The van der Waals surface area contributed by atoms with E-state index < -0.39 is 46.7 Å². The summed E-state index contributed by atoms with van der Waals surface area (Å²) in [6.45, 7) is 7.18. The first-order valence-corrected chi connectivity index (χ1v) is 13.3. The number of likely N-dealkylation sites (tertiary alicyclic amines) is 1. The Morgan fingerprint density at radius 3 is 2.32 bits per heavy atom. The highest BCUT2D eigenvalue weighted by atomic mass is 35.5. The van der Waals surface area contributed by atoms with Gasteiger partial charge in [0.2, 0.25) is 0 Å². The van der Waals surface area contributed by atoms with Crippen molar-refractivity contribution >= 4 is 40.8 Å². The Morgan fingerprint density at radius 2 is 1.68 bits per heavy atom. The van der Waals surface area contributed by atoms with Crippen molar-refractivity contribution in [2.45, 2.75) is 63.4 Å². The maximum atomic E-state index is 15.7. The van der Waals surface area contributed by atoms with Crippen LogP contribution in [0, 0.1) is 11.6 Å². The lowest BCUT2D eigenvalue weighted by molar-refractivity contribution is -0.161. The van der Waals surface area contributed by atoms with E-state index in [-0.39, 0.29) is 27.7 Å². The Kier molecular flexibility index (Phi) is 8.14. The third-order valence-electron chi connectivity index (χ3n) is 7.05. The van der Waals surface area contributed by atoms with Crippen molar-refractivity contribution in [2.75, 3.05) is 0 Å². The second kappa shape index (κ2) is 10.7. The van der Waals surface area contributed by atoms with E-state index in [1.54, 1.807) is 50.8 Å². The van der Waals surface area contributed by atoms with Gasteiger partial charge < -0.3 is 10.5 Å². The minimum Gasteiger partial charge on any atom is -0.459 e. The smallest absolute Gasteiger partial charge is 0.324 e. The van der Waals surface area contributed by atoms with Gasteiger partial charge in [0.15, 0.2) is 0 Å². The molecule has 202 valence electrons. The molecule has 1 aliphatic heterocycles. The topological polar surface area (TPSA) is 55.6 Å². The van der Waals surface area contributed by atoms with Gasteiger partial charge in [-0.15, -0.1) is 0 Å². The summed E-state index contributed by atoms with van der Waals surface area (Å²) in [5.74, 6) is -3.10. The van der Waals surface area contributed by atoms with E-state index >= 15 is 8.78 Å². The van der Waals surface area contributed by atoms with Gasteiger partial charge in [-0.2, -0.15) is 0 Å². The first-order valence-electron chi connectivity index (χ1n) is 12.2. The summed E-state index contributed by atoms with van der Waals surface area (Å²) in [7, 11) is 0. The predicted molar refractivity (Wildman–Crippen MR) is 148 cm³/mol. The van der Waals surface area contributed by atoms with Gasteiger partial charge in [-0.1, -0.05) is 71.2 Å². The number of rotatable bonds is 5. The zero-order chi connectivity index (χ0) is 28.0. The number of halogens is 5. The number of carbonyl (C=O) groups excluding carboxylic acids is 1. The molecule has 9 heteroatoms. The lowest BCUT2D eigenvalue weighted by Crippen LogP contribution is -2.50. The molecule has 4 atom stereocenters. The van der Waals surface area contributed by atoms with E-state index in [4.69, 9.17) is 45.3 Å². The Labute approximate surface area is 236 Å². The van der Waals surface area contributed by atoms with Crippen LogP contribution in [0.1, 0.15) is 50.3 Å². The largest absolute Gasteiger partial charge is 0.459 e. The van der Waals surface area contributed by atoms with Crippen LogP contribution in [0.2, 0.25) is 15.1 Å². The third kappa shape index (κ3) is 5.30. The molecule has 0 saturated carbocycles. The van der Waals surface area contributed by atoms with E-state index in [0.717, 1.165) is 11.6 Å². The van der Waals surface area contributed by atoms with Crippen molar-refractivity contribution in [2.24, 2.45) is 5.73 Å². The molecule has 4 nitrogen and oxygen atoms in total. The van der Waals surface area contributed by atoms with E-state index in [9.17, 15) is 4.79 Å². The van der Waals surface area contributed by atoms with Crippen molar-refractivity contribution in [3.8, 4) is 0 Å². The molecule has 0 aliphatic carbocycles. The lowest BCUT2D eigenvalue weighted by atomic mass is 9.71. The fourth-order valence-corrected chi connectivity index (χ4v) is 5.88. The second-order valence-electron chi connectivity index (χ2n) is 10.6. The number of ether oxygens (including phenoxy) is 1. The molecule has 0 aromatic heterocycles. The summed E-state index contributed by atoms with van der Waals surface area (Å²) < 4.78 is 37.1. The average Bonchev–Trinajstić information content (AvgIpc) is 3.03. The van der Waals surface area contributed by atoms with Gasteiger partial charge in [0, 0.05) is 34.1 Å². The Balaban J connectivity index is 2.00. The fourth-order valence-electron chi connectivity index (χ4n) is 5.34. The number of nitrogens with zero attached hydrogens (tertiary/aromatic N) is 1. The quantitative estimate of drug-likeness (QED) is 0.318. The summed E-state index contributed by atoms with van der Waals surface area (Å²) in [5, 5.41) is 0.532. The van der Waals surface area contributed by atoms with Gasteiger partial charge in [0.25, 0.3) is 0 Å². The molecule has 1 aliphatic rings. The van der Waals surface area contributed by atoms with Gasteiger partial charge in [-0.3, -0.25) is 9.69 Å². The minimum atomic E-state index is -1.59. The number of carbonyl (C=O) groups is 1. The fraction of sp³-hybridized carbons (Fsp3) is 0.345. The van der Waals surface area contributed by atoms with Crippen LogP contribution in [-0.2, 0) is 21.6 Å². The molecule has 1 heterocycles. The lowest BCUT2D eigenvalue weighted by Gasteiger charge is -2.37. The van der Waals surface area contributed by atoms with E-state index in [1.165, 1.54) is 24.3 Å². The molecule has 0 spiro atoms. The van der Waals surface area contributed by atoms with Gasteiger partial charge in [-0.05, 0) is 63.1 Å². The molecule has 38 heavy (non-hydrogen) atoms. The molecule has 4 rings (SSSR count). The molecular formula is C29H29Cl3F2N2O2. The van der Waals surface area contributed by atoms with Crippen LogP contribution >= 0.6 is 34.8 Å². The first-order chi connectivity index (χ1) is 17.8. The van der Waals surface area contributed by atoms with Gasteiger partial charge >= 0.3 is 5.97 Å². The van der Waals surface area contributed by atoms with Gasteiger partial charge in [0.05, 0.1) is 10.6 Å². The van der Waals surface area contributed by atoms with Crippen LogP contribution in [-0.4, -0.2) is 28.6 Å². The number of nitrogens with two attached hydrogens (primary N) is 1. The number of hydrogen-bond acceptors (Lipinski definition) is 4. The average molecular weight is 582 g/mol. The summed E-state index contributed by atoms with van der Waals surface area (Å²) in [6, 6.07) is 14.1. The van der Waals surface area contributed by atoms with E-state index in [0.29, 0.717) is 5.02 Å². The van der Waals surface area contributed by atoms with Gasteiger partial charge in [-0.25, -0.2) is 8.78 Å². The van der Waals surface area contributed by atoms with Crippen molar-refractivity contribution in [1.82, 2.24) is 4.90 Å². The van der Waals surface area contributed by atoms with Crippen molar-refractivity contribution in [3.63, 3.8) is 0 Å². The second-order valence-corrected chi connectivity index (χ2v) is 11.8. The zero-order valence-corrected chi connectivity index (χ0v) is 23.7. The molecule has 1 unspecified atom stereocenters. The monoisotopic (exact) mass is 580 g/mol. The van der Waals surface area contributed by atoms with E-state index in [1.807, 2.05) is 12.1 Å². The highest BCUT2D eigenvalue weighted by molar-refractivity contribution is 6.31. The number of esters is 1. The summed E-state index contributed by atoms with van der Waals surface area (Å²) in [6.07, 6.45) is 0. The summed E-state index contributed by atoms with van der Waals surface area (Å²) in [4.78, 5) is 15.7. The Hall–Kier alpha value is -2.22. The van der Waals surface area contributed by atoms with Crippen LogP contribution in [0.25, 0.3) is 0 Å². The van der Waals surface area contributed by atoms with E-state index in [2.05, 4.69) is 0 Å². The highest BCUT2D eigenvalue weighted by Crippen LogP contribution is 2.52. The maximum Gasteiger partial charge on any atom is 0.324 e. The van der Waals surface area contributed by atoms with Crippen LogP contribution in [0.4, 0.5) is 8.78 Å². The molecule has 3 aromatic rings. The summed E-state index contributed by atoms with van der Waals surface area (Å²) in [5.41, 5.74) is 5.62. The minimum absolute atomic E-state index is 0.0821. The molecule has 2 N–H and O–H groups in total. The molecular weight excluding hydrogens is 553 g/mol. The number of hydrogen-bond donors (Lipinski definition) is 1. The van der Waals surface area contributed by atoms with Crippen LogP contribution in [0.5, 0.6) is 0 Å². The van der Waals surface area contributed by atoms with Crippen molar-refractivity contribution in [3.05, 3.63) is 104 Å². The van der Waals surface area contributed by atoms with Gasteiger partial charge in [0.1, 0.15) is 23.3 Å². The summed E-state index contributed by atoms with van der Waals surface area (Å²) >= 11 is 18.7. The van der Waals surface area contributed by atoms with Crippen LogP contribution in [0.3, 0.4) is 0 Å². The molecule has 0 amide bonds. The normalized spacial score (nSPS) is 24.0.